The summed E-state index contributed by atoms with van der Waals surface area (Å²) in [4.78, 5) is 28.5. The van der Waals surface area contributed by atoms with Crippen molar-refractivity contribution in [2.45, 2.75) is 121 Å². The van der Waals surface area contributed by atoms with Crippen LogP contribution in [0.25, 0.3) is 0 Å². The second-order valence-electron chi connectivity index (χ2n) is 16.5. The molecule has 0 bridgehead atoms. The third-order valence-corrected chi connectivity index (χ3v) is 12.4. The maximum atomic E-state index is 13.2. The average molecular weight is 913 g/mol. The van der Waals surface area contributed by atoms with Crippen LogP contribution in [-0.4, -0.2) is 89.4 Å². The molecule has 0 aliphatic carbocycles. The third-order valence-electron chi connectivity index (χ3n) is 8.93. The molecule has 4 rings (SSSR count). The minimum Gasteiger partial charge on any atom is -0.463 e. The molecule has 304 valence electrons. The smallest absolute Gasteiger partial charge is 0.427 e. The molecule has 1 unspecified atom stereocenters. The fourth-order valence-electron chi connectivity index (χ4n) is 5.69. The van der Waals surface area contributed by atoms with Crippen molar-refractivity contribution in [1.82, 2.24) is 9.80 Å². The largest absolute Gasteiger partial charge is 0.463 e. The van der Waals surface area contributed by atoms with Gasteiger partial charge < -0.3 is 32.8 Å². The van der Waals surface area contributed by atoms with Crippen LogP contribution in [0.1, 0.15) is 89.5 Å². The maximum Gasteiger partial charge on any atom is 0.427 e. The van der Waals surface area contributed by atoms with Crippen LogP contribution >= 0.6 is 22.6 Å². The van der Waals surface area contributed by atoms with Gasteiger partial charge in [0.2, 0.25) is 5.79 Å². The number of cyclic esters (lactones) is 1. The first-order valence-corrected chi connectivity index (χ1v) is 25.0. The van der Waals surface area contributed by atoms with Gasteiger partial charge in [-0.15, -0.1) is 0 Å². The van der Waals surface area contributed by atoms with Gasteiger partial charge in [0, 0.05) is 68.3 Å². The minimum atomic E-state index is -4.41. The van der Waals surface area contributed by atoms with Gasteiger partial charge in [-0.05, 0) is 98.1 Å². The van der Waals surface area contributed by atoms with E-state index >= 15 is 0 Å². The molecule has 2 aromatic carbocycles. The molecule has 2 aromatic rings. The molecular formula is C40H57IN2O10SSi. The molecular weight excluding hydrogens is 856 g/mol. The Bertz CT molecular complexity index is 1810. The van der Waals surface area contributed by atoms with Crippen LogP contribution in [0.5, 0.6) is 5.75 Å². The first-order chi connectivity index (χ1) is 25.7. The number of benzene rings is 2. The summed E-state index contributed by atoms with van der Waals surface area (Å²) in [5.74, 6) is 6.18. The predicted molar refractivity (Wildman–Crippen MR) is 221 cm³/mol. The van der Waals surface area contributed by atoms with Gasteiger partial charge in [0.25, 0.3) is 0 Å². The van der Waals surface area contributed by atoms with E-state index in [1.165, 1.54) is 17.0 Å². The highest BCUT2D eigenvalue weighted by Gasteiger charge is 2.35. The summed E-state index contributed by atoms with van der Waals surface area (Å²) in [6.07, 6.45) is 2.60. The van der Waals surface area contributed by atoms with E-state index in [9.17, 15) is 18.0 Å². The second kappa shape index (κ2) is 19.5. The van der Waals surface area contributed by atoms with Crippen molar-refractivity contribution < 1.29 is 45.9 Å². The zero-order chi connectivity index (χ0) is 40.4. The highest BCUT2D eigenvalue weighted by atomic mass is 127. The lowest BCUT2D eigenvalue weighted by Gasteiger charge is -2.34. The van der Waals surface area contributed by atoms with Gasteiger partial charge in [0.05, 0.1) is 19.8 Å². The molecule has 1 atom stereocenters. The van der Waals surface area contributed by atoms with Gasteiger partial charge in [-0.3, -0.25) is 4.90 Å². The fourth-order valence-corrected chi connectivity index (χ4v) is 8.25. The standard InChI is InChI=1S/C40H57IN2O10SSi/c1-39(2,3)43(29-49-21-22-55(6,7)8)38(45)53-54(46,47)34-24-30(23-33(41)26-34)15-11-14-20-48-19-13-10-9-12-18-42-27-36(51-37(42)44)31-16-17-35-32(25-31)28-50-40(4,5)52-35/h16-17,23-26,36H,9-10,12-14,18-22,27-29H2,1-8H3. The number of unbranched alkanes of at least 4 members (excludes halogenated alkanes) is 3. The van der Waals surface area contributed by atoms with E-state index in [2.05, 4.69) is 31.5 Å². The first-order valence-electron chi connectivity index (χ1n) is 18.8. The highest BCUT2D eigenvalue weighted by Crippen LogP contribution is 2.35. The predicted octanol–water partition coefficient (Wildman–Crippen LogP) is 8.69. The van der Waals surface area contributed by atoms with Gasteiger partial charge in [0.1, 0.15) is 23.5 Å². The van der Waals surface area contributed by atoms with Crippen molar-refractivity contribution in [3.63, 3.8) is 0 Å². The van der Waals surface area contributed by atoms with Crippen LogP contribution in [0.4, 0.5) is 9.59 Å². The molecule has 1 fully saturated rings. The number of halogens is 1. The second-order valence-corrected chi connectivity index (χ2v) is 24.9. The number of fused-ring (bicyclic) bond motifs is 1. The van der Waals surface area contributed by atoms with Gasteiger partial charge in [-0.1, -0.05) is 50.4 Å². The number of hydrogen-bond acceptors (Lipinski definition) is 10. The molecule has 0 saturated carbocycles. The van der Waals surface area contributed by atoms with Crippen molar-refractivity contribution in [3.05, 3.63) is 56.7 Å². The number of carbonyl (C=O) groups excluding carboxylic acids is 2. The number of amides is 2. The highest BCUT2D eigenvalue weighted by molar-refractivity contribution is 14.1. The van der Waals surface area contributed by atoms with Crippen molar-refractivity contribution in [2.24, 2.45) is 0 Å². The summed E-state index contributed by atoms with van der Waals surface area (Å²) in [5.41, 5.74) is 1.66. The molecule has 0 aromatic heterocycles. The SMILES string of the molecule is CC1(C)OCc2cc(C3CN(CCCCCCOCCC#Cc4cc(I)cc(S(=O)(=O)OC(=O)N(COCC[Si](C)(C)C)C(C)(C)C)c4)C(=O)O3)ccc2O1. The third kappa shape index (κ3) is 14.5. The van der Waals surface area contributed by atoms with Crippen LogP contribution in [-0.2, 0) is 39.9 Å². The molecule has 2 heterocycles. The van der Waals surface area contributed by atoms with E-state index in [-0.39, 0.29) is 23.8 Å². The molecule has 2 aliphatic rings. The number of ether oxygens (including phenoxy) is 5. The lowest BCUT2D eigenvalue weighted by molar-refractivity contribution is -0.180. The minimum absolute atomic E-state index is 0.0747. The monoisotopic (exact) mass is 912 g/mol. The van der Waals surface area contributed by atoms with Crippen molar-refractivity contribution in [1.29, 1.82) is 0 Å². The Morgan fingerprint density at radius 1 is 1.04 bits per heavy atom. The van der Waals surface area contributed by atoms with Crippen LogP contribution in [0.15, 0.2) is 41.3 Å². The summed E-state index contributed by atoms with van der Waals surface area (Å²) in [5, 5.41) is 0. The van der Waals surface area contributed by atoms with Crippen LogP contribution in [0, 0.1) is 15.4 Å². The van der Waals surface area contributed by atoms with Crippen molar-refractivity contribution in [2.75, 3.05) is 39.6 Å². The molecule has 55 heavy (non-hydrogen) atoms. The zero-order valence-electron chi connectivity index (χ0n) is 33.5. The number of rotatable bonds is 17. The van der Waals surface area contributed by atoms with Gasteiger partial charge in [-0.2, -0.15) is 8.42 Å². The molecule has 0 spiro atoms. The van der Waals surface area contributed by atoms with Crippen molar-refractivity contribution >= 4 is 53.0 Å². The zero-order valence-corrected chi connectivity index (χ0v) is 37.5. The Kier molecular flexibility index (Phi) is 15.9. The Morgan fingerprint density at radius 3 is 2.51 bits per heavy atom. The Morgan fingerprint density at radius 2 is 1.78 bits per heavy atom. The van der Waals surface area contributed by atoms with E-state index in [1.54, 1.807) is 31.7 Å². The van der Waals surface area contributed by atoms with Crippen LogP contribution in [0.3, 0.4) is 0 Å². The Balaban J connectivity index is 1.13. The Labute approximate surface area is 342 Å². The van der Waals surface area contributed by atoms with Crippen molar-refractivity contribution in [3.8, 4) is 17.6 Å². The number of carbonyl (C=O) groups is 2. The normalized spacial score (nSPS) is 16.8. The van der Waals surface area contributed by atoms with Gasteiger partial charge >= 0.3 is 22.3 Å². The molecule has 0 N–H and O–H groups in total. The molecule has 12 nitrogen and oxygen atoms in total. The van der Waals surface area contributed by atoms with E-state index < -0.39 is 35.6 Å². The summed E-state index contributed by atoms with van der Waals surface area (Å²) in [6.45, 7) is 18.9. The Hall–Kier alpha value is -2.88. The quantitative estimate of drug-likeness (QED) is 0.0380. The summed E-state index contributed by atoms with van der Waals surface area (Å²) in [7, 11) is -5.74. The van der Waals surface area contributed by atoms with E-state index in [1.807, 2.05) is 54.6 Å². The summed E-state index contributed by atoms with van der Waals surface area (Å²) in [6, 6.07) is 11.4. The molecule has 2 amide bonds. The average Bonchev–Trinajstić information content (AvgIpc) is 3.44. The number of hydrogen-bond donors (Lipinski definition) is 0. The van der Waals surface area contributed by atoms with Crippen LogP contribution < -0.4 is 4.74 Å². The van der Waals surface area contributed by atoms with E-state index in [4.69, 9.17) is 27.9 Å². The maximum absolute atomic E-state index is 13.2. The lowest BCUT2D eigenvalue weighted by atomic mass is 10.0. The summed E-state index contributed by atoms with van der Waals surface area (Å²) < 4.78 is 60.9. The summed E-state index contributed by atoms with van der Waals surface area (Å²) >= 11 is 2.02. The first kappa shape index (κ1) is 44.8. The molecule has 0 radical (unpaired) electrons. The number of nitrogens with zero attached hydrogens (tertiary/aromatic N) is 2. The van der Waals surface area contributed by atoms with Crippen LogP contribution in [0.2, 0.25) is 25.7 Å². The molecule has 2 aliphatic heterocycles. The topological polar surface area (TPSA) is 130 Å². The fraction of sp³-hybridized carbons (Fsp3) is 0.600. The van der Waals surface area contributed by atoms with Gasteiger partial charge in [-0.25, -0.2) is 9.59 Å². The molecule has 1 saturated heterocycles. The van der Waals surface area contributed by atoms with Gasteiger partial charge in [0.15, 0.2) is 0 Å². The molecule has 15 heteroatoms. The van der Waals surface area contributed by atoms with E-state index in [0.29, 0.717) is 55.1 Å². The lowest BCUT2D eigenvalue weighted by Crippen LogP contribution is -2.47. The van der Waals surface area contributed by atoms with E-state index in [0.717, 1.165) is 48.6 Å².